The second-order valence-electron chi connectivity index (χ2n) is 5.30. The summed E-state index contributed by atoms with van der Waals surface area (Å²) in [5.74, 6) is -0.502. The highest BCUT2D eigenvalue weighted by atomic mass is 16.2. The summed E-state index contributed by atoms with van der Waals surface area (Å²) in [4.78, 5) is 22.5. The number of amides is 2. The lowest BCUT2D eigenvalue weighted by atomic mass is 10.0. The van der Waals surface area contributed by atoms with Crippen LogP contribution >= 0.6 is 0 Å². The molecular formula is C11H23N3O2. The van der Waals surface area contributed by atoms with E-state index in [1.165, 1.54) is 0 Å². The Morgan fingerprint density at radius 2 is 1.75 bits per heavy atom. The molecule has 0 rings (SSSR count). The summed E-state index contributed by atoms with van der Waals surface area (Å²) in [6.07, 6.45) is 0. The zero-order chi connectivity index (χ0) is 12.9. The minimum atomic E-state index is -0.467. The van der Waals surface area contributed by atoms with Crippen LogP contribution in [0.15, 0.2) is 0 Å². The van der Waals surface area contributed by atoms with Crippen molar-refractivity contribution in [3.8, 4) is 0 Å². The number of primary amides is 1. The lowest BCUT2D eigenvalue weighted by Crippen LogP contribution is -2.51. The standard InChI is InChI=1S/C11H23N3O2/c1-7(2)9(10(12)16)13-6-8(15)14-11(3,4)5/h7,9,13H,6H2,1-5H3,(H2,12,16)(H,14,15). The number of hydrogen-bond donors (Lipinski definition) is 3. The normalized spacial score (nSPS) is 13.6. The minimum Gasteiger partial charge on any atom is -0.368 e. The van der Waals surface area contributed by atoms with E-state index in [4.69, 9.17) is 5.73 Å². The highest BCUT2D eigenvalue weighted by Crippen LogP contribution is 2.01. The Kier molecular flexibility index (Phi) is 5.44. The van der Waals surface area contributed by atoms with Crippen LogP contribution in [0.25, 0.3) is 0 Å². The van der Waals surface area contributed by atoms with Crippen molar-refractivity contribution in [1.82, 2.24) is 10.6 Å². The van der Waals surface area contributed by atoms with Crippen molar-refractivity contribution in [2.24, 2.45) is 11.7 Å². The summed E-state index contributed by atoms with van der Waals surface area (Å²) in [6.45, 7) is 9.56. The van der Waals surface area contributed by atoms with Gasteiger partial charge >= 0.3 is 0 Å². The van der Waals surface area contributed by atoms with E-state index in [0.29, 0.717) is 0 Å². The Morgan fingerprint density at radius 3 is 2.06 bits per heavy atom. The number of nitrogens with two attached hydrogens (primary N) is 1. The van der Waals surface area contributed by atoms with Gasteiger partial charge in [-0.3, -0.25) is 14.9 Å². The van der Waals surface area contributed by atoms with Gasteiger partial charge in [0.2, 0.25) is 11.8 Å². The topological polar surface area (TPSA) is 84.2 Å². The first-order valence-corrected chi connectivity index (χ1v) is 5.47. The molecule has 16 heavy (non-hydrogen) atoms. The van der Waals surface area contributed by atoms with Gasteiger partial charge in [0.05, 0.1) is 12.6 Å². The Hall–Kier alpha value is -1.10. The van der Waals surface area contributed by atoms with E-state index in [1.807, 2.05) is 34.6 Å². The van der Waals surface area contributed by atoms with Crippen molar-refractivity contribution < 1.29 is 9.59 Å². The van der Waals surface area contributed by atoms with Gasteiger partial charge in [-0.2, -0.15) is 0 Å². The lowest BCUT2D eigenvalue weighted by molar-refractivity contribution is -0.123. The van der Waals surface area contributed by atoms with E-state index in [2.05, 4.69) is 10.6 Å². The highest BCUT2D eigenvalue weighted by molar-refractivity contribution is 5.82. The van der Waals surface area contributed by atoms with Crippen molar-refractivity contribution in [2.75, 3.05) is 6.54 Å². The largest absolute Gasteiger partial charge is 0.368 e. The number of nitrogens with one attached hydrogen (secondary N) is 2. The molecular weight excluding hydrogens is 206 g/mol. The maximum atomic E-state index is 11.5. The molecule has 5 nitrogen and oxygen atoms in total. The van der Waals surface area contributed by atoms with Crippen LogP contribution in [0.5, 0.6) is 0 Å². The molecule has 0 spiro atoms. The maximum Gasteiger partial charge on any atom is 0.234 e. The summed E-state index contributed by atoms with van der Waals surface area (Å²) < 4.78 is 0. The van der Waals surface area contributed by atoms with Gasteiger partial charge in [0, 0.05) is 5.54 Å². The van der Waals surface area contributed by atoms with E-state index in [9.17, 15) is 9.59 Å². The van der Waals surface area contributed by atoms with E-state index in [1.54, 1.807) is 0 Å². The lowest BCUT2D eigenvalue weighted by Gasteiger charge is -2.23. The van der Waals surface area contributed by atoms with Crippen molar-refractivity contribution >= 4 is 11.8 Å². The van der Waals surface area contributed by atoms with Crippen molar-refractivity contribution in [3.05, 3.63) is 0 Å². The zero-order valence-corrected chi connectivity index (χ0v) is 10.8. The van der Waals surface area contributed by atoms with Crippen LogP contribution in [-0.2, 0) is 9.59 Å². The number of carbonyl (C=O) groups excluding carboxylic acids is 2. The Labute approximate surface area is 97.2 Å². The van der Waals surface area contributed by atoms with Gasteiger partial charge in [-0.05, 0) is 26.7 Å². The van der Waals surface area contributed by atoms with Gasteiger partial charge in [-0.15, -0.1) is 0 Å². The smallest absolute Gasteiger partial charge is 0.234 e. The molecule has 0 saturated carbocycles. The van der Waals surface area contributed by atoms with Crippen LogP contribution in [0.3, 0.4) is 0 Å². The molecule has 0 aromatic heterocycles. The number of carbonyl (C=O) groups is 2. The van der Waals surface area contributed by atoms with Crippen LogP contribution in [0.1, 0.15) is 34.6 Å². The fourth-order valence-corrected chi connectivity index (χ4v) is 1.33. The maximum absolute atomic E-state index is 11.5. The molecule has 0 bridgehead atoms. The molecule has 0 aromatic rings. The molecule has 1 unspecified atom stereocenters. The molecule has 94 valence electrons. The quantitative estimate of drug-likeness (QED) is 0.620. The van der Waals surface area contributed by atoms with Gasteiger partial charge in [-0.25, -0.2) is 0 Å². The monoisotopic (exact) mass is 229 g/mol. The first kappa shape index (κ1) is 14.9. The first-order valence-electron chi connectivity index (χ1n) is 5.47. The van der Waals surface area contributed by atoms with Crippen molar-refractivity contribution in [1.29, 1.82) is 0 Å². The van der Waals surface area contributed by atoms with Gasteiger partial charge in [-0.1, -0.05) is 13.8 Å². The SMILES string of the molecule is CC(C)C(NCC(=O)NC(C)(C)C)C(N)=O. The Balaban J connectivity index is 4.12. The van der Waals surface area contributed by atoms with Crippen LogP contribution in [0, 0.1) is 5.92 Å². The molecule has 0 radical (unpaired) electrons. The molecule has 0 aliphatic carbocycles. The average molecular weight is 229 g/mol. The number of rotatable bonds is 5. The molecule has 1 atom stereocenters. The Morgan fingerprint density at radius 1 is 1.25 bits per heavy atom. The summed E-state index contributed by atoms with van der Waals surface area (Å²) in [5, 5.41) is 5.65. The average Bonchev–Trinajstić information content (AvgIpc) is 1.98. The number of hydrogen-bond acceptors (Lipinski definition) is 3. The zero-order valence-electron chi connectivity index (χ0n) is 10.8. The second kappa shape index (κ2) is 5.84. The summed E-state index contributed by atoms with van der Waals surface area (Å²) in [5.41, 5.74) is 4.95. The molecule has 0 saturated heterocycles. The molecule has 0 aliphatic rings. The fourth-order valence-electron chi connectivity index (χ4n) is 1.33. The third-order valence-corrected chi connectivity index (χ3v) is 1.97. The molecule has 4 N–H and O–H groups in total. The predicted molar refractivity (Wildman–Crippen MR) is 63.7 cm³/mol. The van der Waals surface area contributed by atoms with Crippen LogP contribution in [0.2, 0.25) is 0 Å². The third kappa shape index (κ3) is 6.40. The summed E-state index contributed by atoms with van der Waals surface area (Å²) in [7, 11) is 0. The highest BCUT2D eigenvalue weighted by Gasteiger charge is 2.20. The van der Waals surface area contributed by atoms with E-state index in [0.717, 1.165) is 0 Å². The third-order valence-electron chi connectivity index (χ3n) is 1.97. The van der Waals surface area contributed by atoms with E-state index < -0.39 is 11.9 Å². The van der Waals surface area contributed by atoms with E-state index >= 15 is 0 Å². The fraction of sp³-hybridized carbons (Fsp3) is 0.818. The van der Waals surface area contributed by atoms with Gasteiger partial charge < -0.3 is 11.1 Å². The molecule has 0 heterocycles. The van der Waals surface area contributed by atoms with Gasteiger partial charge in [0.15, 0.2) is 0 Å². The summed E-state index contributed by atoms with van der Waals surface area (Å²) in [6, 6.07) is -0.467. The molecule has 0 fully saturated rings. The van der Waals surface area contributed by atoms with Crippen LogP contribution < -0.4 is 16.4 Å². The molecule has 0 aliphatic heterocycles. The molecule has 5 heteroatoms. The Bertz CT molecular complexity index is 256. The van der Waals surface area contributed by atoms with Gasteiger partial charge in [0.1, 0.15) is 0 Å². The van der Waals surface area contributed by atoms with E-state index in [-0.39, 0.29) is 23.9 Å². The molecule has 0 aromatic carbocycles. The van der Waals surface area contributed by atoms with Crippen LogP contribution in [0.4, 0.5) is 0 Å². The van der Waals surface area contributed by atoms with Gasteiger partial charge in [0.25, 0.3) is 0 Å². The second-order valence-corrected chi connectivity index (χ2v) is 5.30. The van der Waals surface area contributed by atoms with Crippen molar-refractivity contribution in [2.45, 2.75) is 46.2 Å². The van der Waals surface area contributed by atoms with Crippen LogP contribution in [-0.4, -0.2) is 29.9 Å². The first-order chi connectivity index (χ1) is 7.13. The molecule has 2 amide bonds. The minimum absolute atomic E-state index is 0.0694. The predicted octanol–water partition coefficient (Wildman–Crippen LogP) is 0.000600. The van der Waals surface area contributed by atoms with Crippen molar-refractivity contribution in [3.63, 3.8) is 0 Å². The summed E-state index contributed by atoms with van der Waals surface area (Å²) >= 11 is 0.